The summed E-state index contributed by atoms with van der Waals surface area (Å²) in [5.41, 5.74) is 2.82. The van der Waals surface area contributed by atoms with E-state index < -0.39 is 10.0 Å². The first kappa shape index (κ1) is 18.2. The van der Waals surface area contributed by atoms with E-state index in [2.05, 4.69) is 9.71 Å². The highest BCUT2D eigenvalue weighted by atomic mass is 32.2. The summed E-state index contributed by atoms with van der Waals surface area (Å²) in [7, 11) is -2.28. The standard InChI is InChI=1S/C19H20N2O4S/c1-12-4-7-17(25-3)18(8-12)26(23,24)20-11-14-5-6-16-15(10-14)9-13(2)19(22)21-16/h4-10,20H,11H2,1-3H3,(H,21,22). The smallest absolute Gasteiger partial charge is 0.251 e. The molecular weight excluding hydrogens is 352 g/mol. The Morgan fingerprint density at radius 1 is 1.08 bits per heavy atom. The van der Waals surface area contributed by atoms with Crippen molar-refractivity contribution in [2.24, 2.45) is 0 Å². The van der Waals surface area contributed by atoms with E-state index in [9.17, 15) is 13.2 Å². The molecule has 0 unspecified atom stereocenters. The first-order chi connectivity index (χ1) is 12.3. The van der Waals surface area contributed by atoms with Crippen molar-refractivity contribution in [2.75, 3.05) is 7.11 Å². The zero-order chi connectivity index (χ0) is 18.9. The van der Waals surface area contributed by atoms with Gasteiger partial charge in [-0.3, -0.25) is 4.79 Å². The van der Waals surface area contributed by atoms with Gasteiger partial charge in [0.05, 0.1) is 7.11 Å². The van der Waals surface area contributed by atoms with Crippen molar-refractivity contribution in [1.82, 2.24) is 9.71 Å². The highest BCUT2D eigenvalue weighted by Gasteiger charge is 2.19. The number of rotatable bonds is 5. The summed E-state index contributed by atoms with van der Waals surface area (Å²) in [6.45, 7) is 3.69. The zero-order valence-corrected chi connectivity index (χ0v) is 15.6. The van der Waals surface area contributed by atoms with Crippen LogP contribution in [0.4, 0.5) is 0 Å². The fraction of sp³-hybridized carbons (Fsp3) is 0.211. The average Bonchev–Trinajstić information content (AvgIpc) is 2.61. The molecular formula is C19H20N2O4S. The summed E-state index contributed by atoms with van der Waals surface area (Å²) in [4.78, 5) is 14.6. The fourth-order valence-electron chi connectivity index (χ4n) is 2.73. The number of aromatic amines is 1. The van der Waals surface area contributed by atoms with Crippen LogP contribution in [0.2, 0.25) is 0 Å². The third kappa shape index (κ3) is 3.63. The summed E-state index contributed by atoms with van der Waals surface area (Å²) in [5, 5.41) is 0.854. The number of benzene rings is 2. The number of fused-ring (bicyclic) bond motifs is 1. The number of hydrogen-bond donors (Lipinski definition) is 2. The molecule has 3 aromatic rings. The summed E-state index contributed by atoms with van der Waals surface area (Å²) >= 11 is 0. The van der Waals surface area contributed by atoms with Gasteiger partial charge >= 0.3 is 0 Å². The lowest BCUT2D eigenvalue weighted by Crippen LogP contribution is -2.24. The van der Waals surface area contributed by atoms with Gasteiger partial charge in [-0.2, -0.15) is 0 Å². The van der Waals surface area contributed by atoms with Crippen molar-refractivity contribution in [3.63, 3.8) is 0 Å². The van der Waals surface area contributed by atoms with Crippen LogP contribution in [0.3, 0.4) is 0 Å². The van der Waals surface area contributed by atoms with Crippen molar-refractivity contribution in [3.05, 3.63) is 69.5 Å². The summed E-state index contributed by atoms with van der Waals surface area (Å²) in [6.07, 6.45) is 0. The Morgan fingerprint density at radius 3 is 2.58 bits per heavy atom. The monoisotopic (exact) mass is 372 g/mol. The van der Waals surface area contributed by atoms with Crippen molar-refractivity contribution < 1.29 is 13.2 Å². The molecule has 6 nitrogen and oxygen atoms in total. The molecule has 0 spiro atoms. The van der Waals surface area contributed by atoms with Crippen molar-refractivity contribution in [1.29, 1.82) is 0 Å². The Labute approximate surface area is 151 Å². The van der Waals surface area contributed by atoms with Crippen LogP contribution in [0.1, 0.15) is 16.7 Å². The van der Waals surface area contributed by atoms with Gasteiger partial charge in [-0.25, -0.2) is 13.1 Å². The zero-order valence-electron chi connectivity index (χ0n) is 14.8. The highest BCUT2D eigenvalue weighted by Crippen LogP contribution is 2.25. The van der Waals surface area contributed by atoms with Gasteiger partial charge in [0.1, 0.15) is 10.6 Å². The Hall–Kier alpha value is -2.64. The molecule has 136 valence electrons. The maximum absolute atomic E-state index is 12.7. The van der Waals surface area contributed by atoms with Crippen LogP contribution in [0.25, 0.3) is 10.9 Å². The maximum atomic E-state index is 12.7. The van der Waals surface area contributed by atoms with Crippen LogP contribution in [0.15, 0.2) is 52.2 Å². The van der Waals surface area contributed by atoms with Crippen molar-refractivity contribution in [3.8, 4) is 5.75 Å². The van der Waals surface area contributed by atoms with E-state index in [0.29, 0.717) is 16.8 Å². The van der Waals surface area contributed by atoms with Crippen molar-refractivity contribution >= 4 is 20.9 Å². The van der Waals surface area contributed by atoms with Gasteiger partial charge in [0.15, 0.2) is 0 Å². The first-order valence-corrected chi connectivity index (χ1v) is 9.55. The normalized spacial score (nSPS) is 11.7. The van der Waals surface area contributed by atoms with Crippen LogP contribution in [-0.2, 0) is 16.6 Å². The Morgan fingerprint density at radius 2 is 1.85 bits per heavy atom. The topological polar surface area (TPSA) is 88.3 Å². The molecule has 7 heteroatoms. The molecule has 0 aliphatic heterocycles. The van der Waals surface area contributed by atoms with Gasteiger partial charge in [-0.15, -0.1) is 0 Å². The number of ether oxygens (including phenoxy) is 1. The van der Waals surface area contributed by atoms with Gasteiger partial charge in [0.2, 0.25) is 10.0 Å². The molecule has 0 saturated carbocycles. The number of aryl methyl sites for hydroxylation is 2. The van der Waals surface area contributed by atoms with Crippen molar-refractivity contribution in [2.45, 2.75) is 25.3 Å². The molecule has 0 atom stereocenters. The second-order valence-electron chi connectivity index (χ2n) is 6.18. The van der Waals surface area contributed by atoms with Crippen LogP contribution >= 0.6 is 0 Å². The second kappa shape index (κ2) is 6.93. The van der Waals surface area contributed by atoms with E-state index in [4.69, 9.17) is 4.74 Å². The number of sulfonamides is 1. The second-order valence-corrected chi connectivity index (χ2v) is 7.92. The lowest BCUT2D eigenvalue weighted by molar-refractivity contribution is 0.402. The largest absolute Gasteiger partial charge is 0.495 e. The molecule has 0 bridgehead atoms. The molecule has 26 heavy (non-hydrogen) atoms. The molecule has 0 radical (unpaired) electrons. The minimum absolute atomic E-state index is 0.112. The van der Waals surface area contributed by atoms with Crippen LogP contribution < -0.4 is 15.0 Å². The van der Waals surface area contributed by atoms with E-state index in [0.717, 1.165) is 16.5 Å². The molecule has 3 rings (SSSR count). The number of methoxy groups -OCH3 is 1. The number of aromatic nitrogens is 1. The lowest BCUT2D eigenvalue weighted by Gasteiger charge is -2.12. The quantitative estimate of drug-likeness (QED) is 0.721. The molecule has 0 saturated heterocycles. The maximum Gasteiger partial charge on any atom is 0.251 e. The predicted molar refractivity (Wildman–Crippen MR) is 101 cm³/mol. The number of H-pyrrole nitrogens is 1. The minimum atomic E-state index is -3.72. The molecule has 2 N–H and O–H groups in total. The van der Waals surface area contributed by atoms with Crippen LogP contribution in [-0.4, -0.2) is 20.5 Å². The average molecular weight is 372 g/mol. The van der Waals surface area contributed by atoms with Gasteiger partial charge in [0.25, 0.3) is 5.56 Å². The Kier molecular flexibility index (Phi) is 4.84. The SMILES string of the molecule is COc1ccc(C)cc1S(=O)(=O)NCc1ccc2[nH]c(=O)c(C)cc2c1. The van der Waals surface area contributed by atoms with E-state index in [-0.39, 0.29) is 17.0 Å². The molecule has 0 fully saturated rings. The third-order valence-corrected chi connectivity index (χ3v) is 5.59. The summed E-state index contributed by atoms with van der Waals surface area (Å²) in [6, 6.07) is 12.2. The van der Waals surface area contributed by atoms with Gasteiger partial charge in [-0.05, 0) is 60.7 Å². The summed E-state index contributed by atoms with van der Waals surface area (Å²) in [5.74, 6) is 0.301. The third-order valence-electron chi connectivity index (χ3n) is 4.17. The van der Waals surface area contributed by atoms with Gasteiger partial charge in [-0.1, -0.05) is 12.1 Å². The molecule has 0 aliphatic rings. The number of pyridine rings is 1. The molecule has 0 aliphatic carbocycles. The van der Waals surface area contributed by atoms with E-state index >= 15 is 0 Å². The Balaban J connectivity index is 1.88. The van der Waals surface area contributed by atoms with Crippen LogP contribution in [0.5, 0.6) is 5.75 Å². The summed E-state index contributed by atoms with van der Waals surface area (Å²) < 4.78 is 33.1. The fourth-order valence-corrected chi connectivity index (χ4v) is 3.99. The van der Waals surface area contributed by atoms with Crippen LogP contribution in [0, 0.1) is 13.8 Å². The number of nitrogens with one attached hydrogen (secondary N) is 2. The minimum Gasteiger partial charge on any atom is -0.495 e. The molecule has 2 aromatic carbocycles. The van der Waals surface area contributed by atoms with E-state index in [1.807, 2.05) is 13.0 Å². The molecule has 1 aromatic heterocycles. The van der Waals surface area contributed by atoms with Gasteiger partial charge < -0.3 is 9.72 Å². The van der Waals surface area contributed by atoms with E-state index in [1.165, 1.54) is 7.11 Å². The predicted octanol–water partition coefficient (Wildman–Crippen LogP) is 2.63. The first-order valence-electron chi connectivity index (χ1n) is 8.07. The van der Waals surface area contributed by atoms with E-state index in [1.54, 1.807) is 43.3 Å². The number of hydrogen-bond acceptors (Lipinski definition) is 4. The highest BCUT2D eigenvalue weighted by molar-refractivity contribution is 7.89. The molecule has 0 amide bonds. The van der Waals surface area contributed by atoms with Gasteiger partial charge in [0, 0.05) is 17.6 Å². The Bertz CT molecular complexity index is 1130. The molecule has 1 heterocycles. The lowest BCUT2D eigenvalue weighted by atomic mass is 10.1.